The maximum Gasteiger partial charge on any atom is 0.415 e. The molecule has 0 saturated carbocycles. The van der Waals surface area contributed by atoms with Crippen LogP contribution in [0.15, 0.2) is 30.3 Å². The summed E-state index contributed by atoms with van der Waals surface area (Å²) in [5, 5.41) is 2.81. The molecule has 4 heterocycles. The quantitative estimate of drug-likeness (QED) is 0.675. The van der Waals surface area contributed by atoms with Gasteiger partial charge in [-0.3, -0.25) is 14.0 Å². The van der Waals surface area contributed by atoms with Crippen molar-refractivity contribution < 1.29 is 27.5 Å². The number of nitrogens with one attached hydrogen (secondary N) is 1. The number of carbonyl (C=O) groups is 2. The van der Waals surface area contributed by atoms with Crippen molar-refractivity contribution in [2.45, 2.75) is 31.4 Å². The van der Waals surface area contributed by atoms with Crippen LogP contribution in [0.25, 0.3) is 0 Å². The number of hydrogen-bond acceptors (Lipinski definition) is 7. The molecule has 3 aliphatic heterocycles. The van der Waals surface area contributed by atoms with Gasteiger partial charge in [0.2, 0.25) is 10.0 Å². The Morgan fingerprint density at radius 3 is 2.85 bits per heavy atom. The number of cyclic esters (lactones) is 1. The molecule has 5 rings (SSSR count). The number of benzene rings is 1. The van der Waals surface area contributed by atoms with Crippen molar-refractivity contribution in [2.24, 2.45) is 0 Å². The molecule has 33 heavy (non-hydrogen) atoms. The van der Waals surface area contributed by atoms with Gasteiger partial charge in [0.1, 0.15) is 11.9 Å². The second-order valence-electron chi connectivity index (χ2n) is 8.06. The van der Waals surface area contributed by atoms with E-state index in [1.54, 1.807) is 30.3 Å². The second-order valence-corrected chi connectivity index (χ2v) is 11.8. The van der Waals surface area contributed by atoms with Crippen LogP contribution in [0.5, 0.6) is 5.75 Å². The van der Waals surface area contributed by atoms with E-state index in [0.29, 0.717) is 52.3 Å². The lowest BCUT2D eigenvalue weighted by Gasteiger charge is -2.29. The molecule has 1 aromatic carbocycles. The summed E-state index contributed by atoms with van der Waals surface area (Å²) in [7, 11) is -3.36. The van der Waals surface area contributed by atoms with Crippen LogP contribution < -0.4 is 19.3 Å². The third-order valence-corrected chi connectivity index (χ3v) is 9.08. The first-order valence-corrected chi connectivity index (χ1v) is 13.4. The lowest BCUT2D eigenvalue weighted by molar-refractivity contribution is 0.0901. The van der Waals surface area contributed by atoms with Crippen molar-refractivity contribution in [3.8, 4) is 5.75 Å². The predicted octanol–water partition coefficient (Wildman–Crippen LogP) is 3.24. The molecule has 12 heteroatoms. The summed E-state index contributed by atoms with van der Waals surface area (Å²) in [6.45, 7) is 0.902. The highest BCUT2D eigenvalue weighted by Crippen LogP contribution is 2.41. The van der Waals surface area contributed by atoms with Crippen molar-refractivity contribution >= 4 is 56.3 Å². The molecule has 0 bridgehead atoms. The average molecular weight is 512 g/mol. The van der Waals surface area contributed by atoms with Crippen LogP contribution >= 0.6 is 22.9 Å². The third kappa shape index (κ3) is 4.24. The van der Waals surface area contributed by atoms with E-state index in [4.69, 9.17) is 21.1 Å². The summed E-state index contributed by atoms with van der Waals surface area (Å²) in [5.41, 5.74) is 1.05. The Morgan fingerprint density at radius 1 is 1.24 bits per heavy atom. The average Bonchev–Trinajstić information content (AvgIpc) is 3.28. The minimum Gasteiger partial charge on any atom is -0.491 e. The van der Waals surface area contributed by atoms with Gasteiger partial charge in [-0.1, -0.05) is 11.6 Å². The molecule has 0 radical (unpaired) electrons. The Bertz CT molecular complexity index is 1200. The van der Waals surface area contributed by atoms with Crippen LogP contribution in [0.3, 0.4) is 0 Å². The second kappa shape index (κ2) is 8.69. The van der Waals surface area contributed by atoms with Gasteiger partial charge in [0, 0.05) is 19.0 Å². The highest BCUT2D eigenvalue weighted by molar-refractivity contribution is 7.92. The zero-order valence-corrected chi connectivity index (χ0v) is 19.9. The number of rotatable bonds is 4. The maximum atomic E-state index is 12.8. The van der Waals surface area contributed by atoms with Crippen molar-refractivity contribution in [3.63, 3.8) is 0 Å². The molecule has 2 atom stereocenters. The first-order chi connectivity index (χ1) is 15.8. The summed E-state index contributed by atoms with van der Waals surface area (Å²) < 4.78 is 38.4. The van der Waals surface area contributed by atoms with Crippen LogP contribution in [0.4, 0.5) is 16.2 Å². The molecule has 2 amide bonds. The summed E-state index contributed by atoms with van der Waals surface area (Å²) >= 11 is 7.07. The number of anilines is 2. The van der Waals surface area contributed by atoms with Crippen LogP contribution in [-0.4, -0.2) is 58.0 Å². The summed E-state index contributed by atoms with van der Waals surface area (Å²) in [6, 6.07) is 8.03. The van der Waals surface area contributed by atoms with E-state index >= 15 is 0 Å². The van der Waals surface area contributed by atoms with Crippen LogP contribution in [0.1, 0.15) is 28.9 Å². The molecule has 0 aliphatic carbocycles. The fourth-order valence-electron chi connectivity index (χ4n) is 4.39. The molecule has 9 nitrogen and oxygen atoms in total. The van der Waals surface area contributed by atoms with Gasteiger partial charge in [-0.15, -0.1) is 11.3 Å². The van der Waals surface area contributed by atoms with Gasteiger partial charge in [-0.2, -0.15) is 0 Å². The fourth-order valence-corrected chi connectivity index (χ4v) is 6.98. The highest BCUT2D eigenvalue weighted by Gasteiger charge is 2.45. The standard InChI is InChI=1S/C21H22ClN3O6S2/c22-19-6-5-18(32-19)20(26)23-12-17-15-7-9-30-16-11-13(24-8-1-2-10-33(24,28)29)3-4-14(16)25(15)21(27)31-17/h3-6,11,15,17H,1-2,7-10,12H2,(H,23,26)/t15-,17-/m0/s1. The maximum absolute atomic E-state index is 12.8. The highest BCUT2D eigenvalue weighted by atomic mass is 35.5. The number of thiophene rings is 1. The zero-order valence-electron chi connectivity index (χ0n) is 17.5. The summed E-state index contributed by atoms with van der Waals surface area (Å²) in [4.78, 5) is 27.1. The molecule has 2 aromatic rings. The minimum atomic E-state index is -3.36. The Hall–Kier alpha value is -2.50. The Kier molecular flexibility index (Phi) is 5.87. The lowest BCUT2D eigenvalue weighted by Crippen LogP contribution is -2.42. The Labute approximate surface area is 200 Å². The topological polar surface area (TPSA) is 105 Å². The van der Waals surface area contributed by atoms with E-state index < -0.39 is 22.2 Å². The fraction of sp³-hybridized carbons (Fsp3) is 0.429. The van der Waals surface area contributed by atoms with Gasteiger partial charge >= 0.3 is 6.09 Å². The number of nitrogens with zero attached hydrogens (tertiary/aromatic N) is 2. The SMILES string of the molecule is O=C(NC[C@@H]1OC(=O)N2c3ccc(N4CCCCS4(=O)=O)cc3OCC[C@@H]12)c1ccc(Cl)s1. The van der Waals surface area contributed by atoms with E-state index in [-0.39, 0.29) is 24.2 Å². The van der Waals surface area contributed by atoms with E-state index in [0.717, 1.165) is 6.42 Å². The number of halogens is 1. The summed E-state index contributed by atoms with van der Waals surface area (Å²) in [5.74, 6) is 0.279. The minimum absolute atomic E-state index is 0.122. The molecular formula is C21H22ClN3O6S2. The smallest absolute Gasteiger partial charge is 0.415 e. The van der Waals surface area contributed by atoms with Crippen molar-refractivity contribution in [3.05, 3.63) is 39.5 Å². The third-order valence-electron chi connectivity index (χ3n) is 5.98. The molecule has 0 unspecified atom stereocenters. The van der Waals surface area contributed by atoms with Crippen molar-refractivity contribution in [1.82, 2.24) is 5.32 Å². The van der Waals surface area contributed by atoms with Gasteiger partial charge in [0.15, 0.2) is 0 Å². The lowest BCUT2D eigenvalue weighted by atomic mass is 10.1. The first kappa shape index (κ1) is 22.3. The largest absolute Gasteiger partial charge is 0.491 e. The number of ether oxygens (including phenoxy) is 2. The molecule has 2 fully saturated rings. The van der Waals surface area contributed by atoms with Crippen LogP contribution in [0.2, 0.25) is 4.34 Å². The molecule has 1 N–H and O–H groups in total. The first-order valence-electron chi connectivity index (χ1n) is 10.6. The number of hydrogen-bond donors (Lipinski definition) is 1. The number of sulfonamides is 1. The van der Waals surface area contributed by atoms with E-state index in [1.807, 2.05) is 0 Å². The molecule has 2 saturated heterocycles. The monoisotopic (exact) mass is 511 g/mol. The van der Waals surface area contributed by atoms with Crippen molar-refractivity contribution in [2.75, 3.05) is 34.7 Å². The zero-order chi connectivity index (χ0) is 23.2. The van der Waals surface area contributed by atoms with E-state index in [9.17, 15) is 18.0 Å². The van der Waals surface area contributed by atoms with E-state index in [1.165, 1.54) is 20.5 Å². The van der Waals surface area contributed by atoms with Gasteiger partial charge in [0.05, 0.1) is 45.5 Å². The van der Waals surface area contributed by atoms with Crippen LogP contribution in [0, 0.1) is 0 Å². The van der Waals surface area contributed by atoms with E-state index in [2.05, 4.69) is 5.32 Å². The van der Waals surface area contributed by atoms with Gasteiger partial charge in [0.25, 0.3) is 5.91 Å². The normalized spacial score (nSPS) is 23.7. The number of amides is 2. The Balaban J connectivity index is 1.35. The molecule has 3 aliphatic rings. The number of carbonyl (C=O) groups excluding carboxylic acids is 2. The van der Waals surface area contributed by atoms with Crippen LogP contribution in [-0.2, 0) is 14.8 Å². The number of fused-ring (bicyclic) bond motifs is 3. The van der Waals surface area contributed by atoms with Gasteiger partial charge < -0.3 is 14.8 Å². The van der Waals surface area contributed by atoms with Gasteiger partial charge in [-0.25, -0.2) is 13.2 Å². The van der Waals surface area contributed by atoms with Crippen molar-refractivity contribution in [1.29, 1.82) is 0 Å². The summed E-state index contributed by atoms with van der Waals surface area (Å²) in [6.07, 6.45) is 0.877. The predicted molar refractivity (Wildman–Crippen MR) is 125 cm³/mol. The van der Waals surface area contributed by atoms with Gasteiger partial charge in [-0.05, 0) is 37.1 Å². The molecule has 0 spiro atoms. The molecular weight excluding hydrogens is 490 g/mol. The Morgan fingerprint density at radius 2 is 2.09 bits per heavy atom. The molecule has 176 valence electrons. The molecule has 1 aromatic heterocycles.